The van der Waals surface area contributed by atoms with Crippen LogP contribution in [-0.4, -0.2) is 17.1 Å². The Morgan fingerprint density at radius 1 is 1.59 bits per heavy atom. The Bertz CT molecular complexity index is 621. The van der Waals surface area contributed by atoms with Gasteiger partial charge in [-0.05, 0) is 48.3 Å². The lowest BCUT2D eigenvalue weighted by Crippen LogP contribution is -2.04. The van der Waals surface area contributed by atoms with Crippen molar-refractivity contribution in [3.05, 3.63) is 35.9 Å². The van der Waals surface area contributed by atoms with E-state index in [1.165, 1.54) is 11.6 Å². The first-order chi connectivity index (χ1) is 10.4. The number of allylic oxidation sites excluding steroid dienone is 1. The summed E-state index contributed by atoms with van der Waals surface area (Å²) in [6.07, 6.45) is 11.5. The van der Waals surface area contributed by atoms with Crippen molar-refractivity contribution in [3.8, 4) is 12.3 Å². The molecule has 1 saturated carbocycles. The summed E-state index contributed by atoms with van der Waals surface area (Å²) in [6, 6.07) is 2.04. The second-order valence-corrected chi connectivity index (χ2v) is 6.29. The molecule has 0 bridgehead atoms. The zero-order valence-electron chi connectivity index (χ0n) is 13.3. The molecule has 0 unspecified atom stereocenters. The van der Waals surface area contributed by atoms with Crippen LogP contribution in [0.2, 0.25) is 0 Å². The topological polar surface area (TPSA) is 31.2 Å². The fourth-order valence-electron chi connectivity index (χ4n) is 3.00. The average molecular weight is 303 g/mol. The fourth-order valence-corrected chi connectivity index (χ4v) is 3.00. The van der Waals surface area contributed by atoms with E-state index in [0.717, 1.165) is 6.42 Å². The number of carbonyl (C=O) groups excluding carboxylic acids is 1. The van der Waals surface area contributed by atoms with Crippen LogP contribution in [0, 0.1) is 29.6 Å². The van der Waals surface area contributed by atoms with Crippen molar-refractivity contribution in [1.82, 2.24) is 4.57 Å². The molecule has 1 aromatic heterocycles. The molecule has 2 rings (SSSR count). The number of terminal acetylenes is 1. The van der Waals surface area contributed by atoms with Gasteiger partial charge in [-0.2, -0.15) is 4.39 Å². The van der Waals surface area contributed by atoms with Gasteiger partial charge in [-0.1, -0.05) is 19.8 Å². The maximum absolute atomic E-state index is 13.8. The first kappa shape index (κ1) is 16.4. The molecular weight excluding hydrogens is 281 g/mol. The van der Waals surface area contributed by atoms with Gasteiger partial charge in [-0.15, -0.1) is 6.42 Å². The molecule has 0 spiro atoms. The van der Waals surface area contributed by atoms with Gasteiger partial charge in [0.25, 0.3) is 0 Å². The van der Waals surface area contributed by atoms with Crippen molar-refractivity contribution >= 4 is 5.97 Å². The highest BCUT2D eigenvalue weighted by atomic mass is 19.1. The van der Waals surface area contributed by atoms with Gasteiger partial charge >= 0.3 is 5.97 Å². The standard InChI is InChI=1S/C18H22FNO2/c1-5-8-20-9-7-13(12-20)10-14-15(18(14,3)4)11-16(19)17(21)22-6-2/h1,7,9,11-12,14-15H,6,8,10H2,2-4H3/t14-,15+/m1/s1. The van der Waals surface area contributed by atoms with Crippen LogP contribution < -0.4 is 0 Å². The Kier molecular flexibility index (Phi) is 4.75. The molecule has 3 nitrogen and oxygen atoms in total. The summed E-state index contributed by atoms with van der Waals surface area (Å²) in [5, 5.41) is 0. The van der Waals surface area contributed by atoms with Crippen LogP contribution in [0.5, 0.6) is 0 Å². The first-order valence-electron chi connectivity index (χ1n) is 7.52. The molecule has 1 aliphatic rings. The van der Waals surface area contributed by atoms with Gasteiger partial charge in [-0.25, -0.2) is 4.79 Å². The second kappa shape index (κ2) is 6.39. The summed E-state index contributed by atoms with van der Waals surface area (Å²) < 4.78 is 20.4. The van der Waals surface area contributed by atoms with Crippen molar-refractivity contribution in [2.45, 2.75) is 33.7 Å². The molecule has 22 heavy (non-hydrogen) atoms. The number of aromatic nitrogens is 1. The van der Waals surface area contributed by atoms with Crippen LogP contribution in [0.25, 0.3) is 0 Å². The van der Waals surface area contributed by atoms with Crippen LogP contribution in [0.1, 0.15) is 26.3 Å². The Morgan fingerprint density at radius 2 is 2.32 bits per heavy atom. The minimum atomic E-state index is -0.871. The van der Waals surface area contributed by atoms with E-state index in [1.54, 1.807) is 6.92 Å². The molecule has 0 N–H and O–H groups in total. The summed E-state index contributed by atoms with van der Waals surface area (Å²) in [4.78, 5) is 11.4. The molecule has 0 amide bonds. The third kappa shape index (κ3) is 3.41. The van der Waals surface area contributed by atoms with E-state index in [0.29, 0.717) is 12.5 Å². The summed E-state index contributed by atoms with van der Waals surface area (Å²) in [5.74, 6) is 1.30. The van der Waals surface area contributed by atoms with Crippen LogP contribution in [0.3, 0.4) is 0 Å². The zero-order chi connectivity index (χ0) is 16.3. The highest BCUT2D eigenvalue weighted by molar-refractivity contribution is 5.86. The maximum Gasteiger partial charge on any atom is 0.366 e. The van der Waals surface area contributed by atoms with Gasteiger partial charge in [-0.3, -0.25) is 0 Å². The van der Waals surface area contributed by atoms with Crippen LogP contribution >= 0.6 is 0 Å². The van der Waals surface area contributed by atoms with Crippen molar-refractivity contribution in [2.24, 2.45) is 17.3 Å². The number of nitrogens with zero attached hydrogens (tertiary/aromatic N) is 1. The smallest absolute Gasteiger partial charge is 0.366 e. The molecule has 0 radical (unpaired) electrons. The number of carbonyl (C=O) groups is 1. The summed E-state index contributed by atoms with van der Waals surface area (Å²) in [5.41, 5.74) is 1.17. The lowest BCUT2D eigenvalue weighted by Gasteiger charge is -2.00. The van der Waals surface area contributed by atoms with E-state index in [-0.39, 0.29) is 17.9 Å². The minimum absolute atomic E-state index is 0.0158. The molecule has 1 fully saturated rings. The molecule has 4 heteroatoms. The summed E-state index contributed by atoms with van der Waals surface area (Å²) in [6.45, 7) is 6.58. The molecule has 1 aromatic rings. The number of ether oxygens (including phenoxy) is 1. The van der Waals surface area contributed by atoms with E-state index in [1.807, 2.05) is 23.0 Å². The lowest BCUT2D eigenvalue weighted by atomic mass is 10.1. The largest absolute Gasteiger partial charge is 0.461 e. The van der Waals surface area contributed by atoms with Crippen LogP contribution in [0.4, 0.5) is 4.39 Å². The fraction of sp³-hybridized carbons (Fsp3) is 0.500. The maximum atomic E-state index is 13.8. The quantitative estimate of drug-likeness (QED) is 0.458. The second-order valence-electron chi connectivity index (χ2n) is 6.29. The van der Waals surface area contributed by atoms with Gasteiger partial charge in [0, 0.05) is 12.4 Å². The molecule has 1 heterocycles. The van der Waals surface area contributed by atoms with E-state index >= 15 is 0 Å². The SMILES string of the molecule is C#CCn1ccc(C[C@@H]2[C@H](C=C(F)C(=O)OCC)C2(C)C)c1. The molecule has 0 aliphatic heterocycles. The van der Waals surface area contributed by atoms with Gasteiger partial charge < -0.3 is 9.30 Å². The van der Waals surface area contributed by atoms with Crippen molar-refractivity contribution < 1.29 is 13.9 Å². The van der Waals surface area contributed by atoms with Crippen molar-refractivity contribution in [1.29, 1.82) is 0 Å². The molecule has 0 aromatic carbocycles. The third-order valence-electron chi connectivity index (χ3n) is 4.48. The van der Waals surface area contributed by atoms with Gasteiger partial charge in [0.05, 0.1) is 13.2 Å². The minimum Gasteiger partial charge on any atom is -0.461 e. The number of hydrogen-bond donors (Lipinski definition) is 0. The van der Waals surface area contributed by atoms with Crippen molar-refractivity contribution in [3.63, 3.8) is 0 Å². The first-order valence-corrected chi connectivity index (χ1v) is 7.52. The summed E-state index contributed by atoms with van der Waals surface area (Å²) in [7, 11) is 0. The predicted molar refractivity (Wildman–Crippen MR) is 83.6 cm³/mol. The number of rotatable bonds is 6. The highest BCUT2D eigenvalue weighted by Gasteiger charge is 2.56. The average Bonchev–Trinajstić information content (AvgIpc) is 2.80. The number of hydrogen-bond acceptors (Lipinski definition) is 2. The normalized spacial score (nSPS) is 23.0. The van der Waals surface area contributed by atoms with Crippen LogP contribution in [0.15, 0.2) is 30.4 Å². The van der Waals surface area contributed by atoms with E-state index < -0.39 is 11.8 Å². The Morgan fingerprint density at radius 3 is 2.95 bits per heavy atom. The Hall–Kier alpha value is -2.02. The number of halogens is 1. The van der Waals surface area contributed by atoms with E-state index in [9.17, 15) is 9.18 Å². The molecule has 0 saturated heterocycles. The predicted octanol–water partition coefficient (Wildman–Crippen LogP) is 3.35. The highest BCUT2D eigenvalue weighted by Crippen LogP contribution is 2.60. The molecule has 1 aliphatic carbocycles. The van der Waals surface area contributed by atoms with Crippen LogP contribution in [-0.2, 0) is 22.5 Å². The van der Waals surface area contributed by atoms with Crippen molar-refractivity contribution in [2.75, 3.05) is 6.61 Å². The van der Waals surface area contributed by atoms with E-state index in [4.69, 9.17) is 6.42 Å². The Balaban J connectivity index is 2.02. The Labute approximate surface area is 131 Å². The third-order valence-corrected chi connectivity index (χ3v) is 4.48. The van der Waals surface area contributed by atoms with E-state index in [2.05, 4.69) is 24.5 Å². The lowest BCUT2D eigenvalue weighted by molar-refractivity contribution is -0.140. The zero-order valence-corrected chi connectivity index (χ0v) is 13.3. The van der Waals surface area contributed by atoms with Gasteiger partial charge in [0.15, 0.2) is 0 Å². The van der Waals surface area contributed by atoms with Gasteiger partial charge in [0.2, 0.25) is 5.83 Å². The summed E-state index contributed by atoms with van der Waals surface area (Å²) >= 11 is 0. The number of esters is 1. The monoisotopic (exact) mass is 303 g/mol. The molecular formula is C18H22FNO2. The molecule has 2 atom stereocenters. The van der Waals surface area contributed by atoms with Gasteiger partial charge in [0.1, 0.15) is 0 Å². The molecule has 118 valence electrons.